The fourth-order valence-corrected chi connectivity index (χ4v) is 2.60. The highest BCUT2D eigenvalue weighted by Crippen LogP contribution is 2.13. The fourth-order valence-electron chi connectivity index (χ4n) is 2.60. The lowest BCUT2D eigenvalue weighted by Gasteiger charge is -2.37. The van der Waals surface area contributed by atoms with Gasteiger partial charge in [0, 0.05) is 44.6 Å². The molecule has 1 atom stereocenters. The van der Waals surface area contributed by atoms with Gasteiger partial charge in [0.05, 0.1) is 0 Å². The third-order valence-corrected chi connectivity index (χ3v) is 3.98. The van der Waals surface area contributed by atoms with Crippen molar-refractivity contribution in [3.63, 3.8) is 0 Å². The van der Waals surface area contributed by atoms with Crippen LogP contribution in [0.5, 0.6) is 0 Å². The number of anilines is 1. The lowest BCUT2D eigenvalue weighted by Crippen LogP contribution is -2.52. The summed E-state index contributed by atoms with van der Waals surface area (Å²) < 4.78 is 1.95. The van der Waals surface area contributed by atoms with Gasteiger partial charge < -0.3 is 10.2 Å². The zero-order chi connectivity index (χ0) is 14.1. The molecule has 20 heavy (non-hydrogen) atoms. The lowest BCUT2D eigenvalue weighted by atomic mass is 10.2. The zero-order valence-corrected chi connectivity index (χ0v) is 12.2. The van der Waals surface area contributed by atoms with Crippen molar-refractivity contribution < 1.29 is 0 Å². The molecule has 1 fully saturated rings. The van der Waals surface area contributed by atoms with Gasteiger partial charge in [0.2, 0.25) is 5.65 Å². The van der Waals surface area contributed by atoms with Crippen molar-refractivity contribution in [2.24, 2.45) is 0 Å². The normalized spacial score (nSPS) is 21.4. The molecule has 0 spiro atoms. The number of piperazine rings is 1. The Morgan fingerprint density at radius 2 is 2.15 bits per heavy atom. The summed E-state index contributed by atoms with van der Waals surface area (Å²) in [4.78, 5) is 9.14. The van der Waals surface area contributed by atoms with Crippen LogP contribution in [0.2, 0.25) is 0 Å². The van der Waals surface area contributed by atoms with Crippen molar-refractivity contribution in [2.75, 3.05) is 45.6 Å². The van der Waals surface area contributed by atoms with Crippen molar-refractivity contribution in [3.8, 4) is 0 Å². The summed E-state index contributed by atoms with van der Waals surface area (Å²) in [6.07, 6.45) is 3.67. The molecule has 2 aromatic rings. The van der Waals surface area contributed by atoms with Crippen LogP contribution in [-0.2, 0) is 0 Å². The average molecular weight is 275 g/mol. The molecule has 108 valence electrons. The molecule has 0 amide bonds. The number of nitrogens with one attached hydrogen (secondary N) is 1. The van der Waals surface area contributed by atoms with Gasteiger partial charge >= 0.3 is 0 Å². The van der Waals surface area contributed by atoms with Gasteiger partial charge in [-0.25, -0.2) is 4.98 Å². The Hall–Kier alpha value is -1.73. The van der Waals surface area contributed by atoms with Gasteiger partial charge in [0.15, 0.2) is 5.82 Å². The topological polar surface area (TPSA) is 61.6 Å². The predicted octanol–water partition coefficient (Wildman–Crippen LogP) is 0.0904. The molecule has 1 saturated heterocycles. The number of nitrogens with zero attached hydrogens (tertiary/aromatic N) is 6. The van der Waals surface area contributed by atoms with E-state index < -0.39 is 0 Å². The molecule has 0 radical (unpaired) electrons. The zero-order valence-electron chi connectivity index (χ0n) is 12.2. The first kappa shape index (κ1) is 13.3. The van der Waals surface area contributed by atoms with Crippen molar-refractivity contribution in [3.05, 3.63) is 18.2 Å². The van der Waals surface area contributed by atoms with Gasteiger partial charge in [-0.15, -0.1) is 10.2 Å². The summed E-state index contributed by atoms with van der Waals surface area (Å²) in [6.45, 7) is 6.10. The SMILES string of the molecule is Cc1nnc2c(NCC3CN(C)CCN3C)nccn12. The molecule has 3 heterocycles. The van der Waals surface area contributed by atoms with E-state index in [2.05, 4.69) is 44.4 Å². The molecule has 7 heteroatoms. The predicted molar refractivity (Wildman–Crippen MR) is 77.9 cm³/mol. The number of fused-ring (bicyclic) bond motifs is 1. The first-order chi connectivity index (χ1) is 9.65. The summed E-state index contributed by atoms with van der Waals surface area (Å²) >= 11 is 0. The Labute approximate surface area is 118 Å². The van der Waals surface area contributed by atoms with Crippen LogP contribution in [0.3, 0.4) is 0 Å². The van der Waals surface area contributed by atoms with Crippen LogP contribution in [0.15, 0.2) is 12.4 Å². The van der Waals surface area contributed by atoms with Crippen LogP contribution in [0.4, 0.5) is 5.82 Å². The molecule has 0 saturated carbocycles. The minimum absolute atomic E-state index is 0.486. The Morgan fingerprint density at radius 3 is 3.00 bits per heavy atom. The van der Waals surface area contributed by atoms with Crippen molar-refractivity contribution >= 4 is 11.5 Å². The maximum Gasteiger partial charge on any atom is 0.203 e. The second-order valence-corrected chi connectivity index (χ2v) is 5.49. The van der Waals surface area contributed by atoms with Crippen molar-refractivity contribution in [1.29, 1.82) is 0 Å². The lowest BCUT2D eigenvalue weighted by molar-refractivity contribution is 0.122. The number of hydrogen-bond donors (Lipinski definition) is 1. The van der Waals surface area contributed by atoms with E-state index >= 15 is 0 Å². The standard InChI is InChI=1S/C13H21N7/c1-10-16-17-13-12(14-4-5-20(10)13)15-8-11-9-18(2)6-7-19(11)3/h4-5,11H,6-9H2,1-3H3,(H,14,15). The number of aromatic nitrogens is 4. The minimum Gasteiger partial charge on any atom is -0.365 e. The maximum atomic E-state index is 4.38. The van der Waals surface area contributed by atoms with Crippen molar-refractivity contribution in [2.45, 2.75) is 13.0 Å². The summed E-state index contributed by atoms with van der Waals surface area (Å²) in [5.74, 6) is 1.68. The van der Waals surface area contributed by atoms with E-state index in [4.69, 9.17) is 0 Å². The smallest absolute Gasteiger partial charge is 0.203 e. The third kappa shape index (κ3) is 2.46. The molecule has 7 nitrogen and oxygen atoms in total. The van der Waals surface area contributed by atoms with Gasteiger partial charge in [0.1, 0.15) is 5.82 Å². The van der Waals surface area contributed by atoms with Gasteiger partial charge in [-0.3, -0.25) is 9.30 Å². The Balaban J connectivity index is 1.73. The van der Waals surface area contributed by atoms with Crippen LogP contribution in [0.25, 0.3) is 5.65 Å². The first-order valence-corrected chi connectivity index (χ1v) is 6.94. The van der Waals surface area contributed by atoms with Gasteiger partial charge in [0.25, 0.3) is 0 Å². The molecule has 1 N–H and O–H groups in total. The van der Waals surface area contributed by atoms with E-state index in [-0.39, 0.29) is 0 Å². The highest BCUT2D eigenvalue weighted by Gasteiger charge is 2.22. The maximum absolute atomic E-state index is 4.38. The summed E-state index contributed by atoms with van der Waals surface area (Å²) in [7, 11) is 4.34. The van der Waals surface area contributed by atoms with Crippen LogP contribution in [-0.4, -0.2) is 75.7 Å². The molecule has 0 aromatic carbocycles. The highest BCUT2D eigenvalue weighted by molar-refractivity contribution is 5.61. The summed E-state index contributed by atoms with van der Waals surface area (Å²) in [5.41, 5.74) is 0.789. The Morgan fingerprint density at radius 1 is 1.30 bits per heavy atom. The fraction of sp³-hybridized carbons (Fsp3) is 0.615. The van der Waals surface area contributed by atoms with Gasteiger partial charge in [-0.1, -0.05) is 0 Å². The molecular weight excluding hydrogens is 254 g/mol. The monoisotopic (exact) mass is 275 g/mol. The minimum atomic E-state index is 0.486. The Bertz CT molecular complexity index is 593. The second kappa shape index (κ2) is 5.34. The third-order valence-electron chi connectivity index (χ3n) is 3.98. The number of aryl methyl sites for hydroxylation is 1. The Kier molecular flexibility index (Phi) is 3.54. The van der Waals surface area contributed by atoms with Crippen LogP contribution >= 0.6 is 0 Å². The van der Waals surface area contributed by atoms with Crippen LogP contribution in [0, 0.1) is 6.92 Å². The van der Waals surface area contributed by atoms with E-state index in [1.807, 2.05) is 17.5 Å². The molecular formula is C13H21N7. The van der Waals surface area contributed by atoms with Gasteiger partial charge in [-0.2, -0.15) is 0 Å². The number of rotatable bonds is 3. The van der Waals surface area contributed by atoms with E-state index in [9.17, 15) is 0 Å². The summed E-state index contributed by atoms with van der Waals surface area (Å²) in [6, 6.07) is 0.486. The highest BCUT2D eigenvalue weighted by atomic mass is 15.3. The number of hydrogen-bond acceptors (Lipinski definition) is 6. The van der Waals surface area contributed by atoms with Gasteiger partial charge in [-0.05, 0) is 21.0 Å². The van der Waals surface area contributed by atoms with E-state index in [1.165, 1.54) is 0 Å². The summed E-state index contributed by atoms with van der Waals surface area (Å²) in [5, 5.41) is 11.7. The molecule has 3 rings (SSSR count). The largest absolute Gasteiger partial charge is 0.365 e. The van der Waals surface area contributed by atoms with Crippen LogP contribution < -0.4 is 5.32 Å². The van der Waals surface area contributed by atoms with E-state index in [1.54, 1.807) is 6.20 Å². The molecule has 0 bridgehead atoms. The van der Waals surface area contributed by atoms with E-state index in [0.717, 1.165) is 43.5 Å². The molecule has 1 aliphatic heterocycles. The quantitative estimate of drug-likeness (QED) is 0.856. The molecule has 1 aliphatic rings. The van der Waals surface area contributed by atoms with E-state index in [0.29, 0.717) is 6.04 Å². The molecule has 1 unspecified atom stereocenters. The average Bonchev–Trinajstić information content (AvgIpc) is 2.82. The molecule has 0 aliphatic carbocycles. The van der Waals surface area contributed by atoms with Crippen LogP contribution in [0.1, 0.15) is 5.82 Å². The first-order valence-electron chi connectivity index (χ1n) is 6.94. The van der Waals surface area contributed by atoms with Crippen molar-refractivity contribution in [1.82, 2.24) is 29.4 Å². The number of likely N-dealkylation sites (N-methyl/N-ethyl adjacent to an activating group) is 2. The second-order valence-electron chi connectivity index (χ2n) is 5.49. The molecule has 2 aromatic heterocycles.